The molecule has 0 spiro atoms. The Morgan fingerprint density at radius 3 is 3.06 bits per heavy atom. The first-order valence-electron chi connectivity index (χ1n) is 5.08. The monoisotopic (exact) mass is 282 g/mol. The second kappa shape index (κ2) is 3.38. The minimum absolute atomic E-state index is 0.220. The number of aryl methyl sites for hydroxylation is 1. The van der Waals surface area contributed by atoms with Gasteiger partial charge in [0.2, 0.25) is 0 Å². The highest BCUT2D eigenvalue weighted by Crippen LogP contribution is 2.43. The molecule has 2 aromatic heterocycles. The van der Waals surface area contributed by atoms with Gasteiger partial charge in [0.15, 0.2) is 4.67 Å². The van der Waals surface area contributed by atoms with Crippen LogP contribution in [0.3, 0.4) is 0 Å². The molecule has 0 N–H and O–H groups in total. The van der Waals surface area contributed by atoms with E-state index in [0.717, 1.165) is 34.0 Å². The van der Waals surface area contributed by atoms with Crippen molar-refractivity contribution in [3.05, 3.63) is 34.0 Å². The number of likely N-dealkylation sites (N-methyl/N-ethyl adjacent to an activating group) is 1. The van der Waals surface area contributed by atoms with E-state index in [1.54, 1.807) is 6.20 Å². The Labute approximate surface area is 101 Å². The molecular formula is C11H11BrN2O2. The van der Waals surface area contributed by atoms with E-state index in [-0.39, 0.29) is 5.92 Å². The molecule has 84 valence electrons. The van der Waals surface area contributed by atoms with Crippen molar-refractivity contribution in [1.29, 1.82) is 0 Å². The minimum Gasteiger partial charge on any atom is -0.451 e. The van der Waals surface area contributed by atoms with Crippen molar-refractivity contribution in [2.45, 2.75) is 12.8 Å². The summed E-state index contributed by atoms with van der Waals surface area (Å²) in [5.74, 6) is 2.07. The molecule has 1 aliphatic rings. The SMILES string of the molecule is Cc1oncc1C1CN(C)c2cc(Br)oc21. The molecule has 0 radical (unpaired) electrons. The zero-order valence-corrected chi connectivity index (χ0v) is 10.6. The van der Waals surface area contributed by atoms with Crippen molar-refractivity contribution in [1.82, 2.24) is 5.16 Å². The van der Waals surface area contributed by atoms with Crippen molar-refractivity contribution in [2.24, 2.45) is 0 Å². The first-order valence-corrected chi connectivity index (χ1v) is 5.87. The highest BCUT2D eigenvalue weighted by Gasteiger charge is 2.34. The lowest BCUT2D eigenvalue weighted by Gasteiger charge is -2.11. The molecule has 3 heterocycles. The fourth-order valence-electron chi connectivity index (χ4n) is 2.25. The number of halogens is 1. The number of rotatable bonds is 1. The first-order chi connectivity index (χ1) is 7.66. The molecule has 0 saturated heterocycles. The van der Waals surface area contributed by atoms with Crippen molar-refractivity contribution < 1.29 is 8.94 Å². The Morgan fingerprint density at radius 1 is 1.56 bits per heavy atom. The van der Waals surface area contributed by atoms with E-state index in [2.05, 4.69) is 33.0 Å². The lowest BCUT2D eigenvalue weighted by atomic mass is 10.00. The zero-order chi connectivity index (χ0) is 11.3. The molecule has 5 heteroatoms. The highest BCUT2D eigenvalue weighted by atomic mass is 79.9. The van der Waals surface area contributed by atoms with Gasteiger partial charge in [0.1, 0.15) is 11.5 Å². The molecule has 0 aromatic carbocycles. The number of furan rings is 1. The van der Waals surface area contributed by atoms with Crippen molar-refractivity contribution in [3.8, 4) is 0 Å². The van der Waals surface area contributed by atoms with Crippen LogP contribution >= 0.6 is 15.9 Å². The van der Waals surface area contributed by atoms with Gasteiger partial charge in [0, 0.05) is 25.2 Å². The highest BCUT2D eigenvalue weighted by molar-refractivity contribution is 9.10. The van der Waals surface area contributed by atoms with E-state index >= 15 is 0 Å². The summed E-state index contributed by atoms with van der Waals surface area (Å²) in [5, 5.41) is 3.82. The normalized spacial score (nSPS) is 19.2. The van der Waals surface area contributed by atoms with Gasteiger partial charge in [-0.05, 0) is 22.9 Å². The number of hydrogen-bond donors (Lipinski definition) is 0. The number of nitrogens with zero attached hydrogens (tertiary/aromatic N) is 2. The summed E-state index contributed by atoms with van der Waals surface area (Å²) in [7, 11) is 2.06. The third-order valence-corrected chi connectivity index (χ3v) is 3.45. The van der Waals surface area contributed by atoms with Crippen LogP contribution in [0.1, 0.15) is 23.0 Å². The maximum Gasteiger partial charge on any atom is 0.171 e. The van der Waals surface area contributed by atoms with Crippen LogP contribution < -0.4 is 4.90 Å². The van der Waals surface area contributed by atoms with Gasteiger partial charge in [-0.15, -0.1) is 0 Å². The van der Waals surface area contributed by atoms with Crippen molar-refractivity contribution in [3.63, 3.8) is 0 Å². The van der Waals surface area contributed by atoms with E-state index in [1.165, 1.54) is 0 Å². The lowest BCUT2D eigenvalue weighted by molar-refractivity contribution is 0.394. The largest absolute Gasteiger partial charge is 0.451 e. The molecular weight excluding hydrogens is 272 g/mol. The number of anilines is 1. The molecule has 16 heavy (non-hydrogen) atoms. The molecule has 1 unspecified atom stereocenters. The molecule has 0 aliphatic carbocycles. The molecule has 3 rings (SSSR count). The Balaban J connectivity index is 2.09. The van der Waals surface area contributed by atoms with Gasteiger partial charge in [0.05, 0.1) is 17.8 Å². The van der Waals surface area contributed by atoms with Gasteiger partial charge in [-0.1, -0.05) is 5.16 Å². The first kappa shape index (κ1) is 9.96. The molecule has 1 atom stereocenters. The summed E-state index contributed by atoms with van der Waals surface area (Å²) in [4.78, 5) is 2.18. The molecule has 2 aromatic rings. The molecule has 0 bridgehead atoms. The summed E-state index contributed by atoms with van der Waals surface area (Å²) in [6.07, 6.45) is 1.78. The van der Waals surface area contributed by atoms with Crippen LogP contribution in [0.5, 0.6) is 0 Å². The van der Waals surface area contributed by atoms with Gasteiger partial charge in [-0.3, -0.25) is 0 Å². The predicted octanol–water partition coefficient (Wildman–Crippen LogP) is 2.92. The van der Waals surface area contributed by atoms with Crippen LogP contribution in [0, 0.1) is 6.92 Å². The van der Waals surface area contributed by atoms with Crippen LogP contribution in [0.2, 0.25) is 0 Å². The van der Waals surface area contributed by atoms with Crippen LogP contribution in [0.4, 0.5) is 5.69 Å². The second-order valence-electron chi connectivity index (χ2n) is 4.07. The predicted molar refractivity (Wildman–Crippen MR) is 62.8 cm³/mol. The van der Waals surface area contributed by atoms with Gasteiger partial charge in [-0.25, -0.2) is 0 Å². The van der Waals surface area contributed by atoms with Gasteiger partial charge < -0.3 is 13.8 Å². The Morgan fingerprint density at radius 2 is 2.38 bits per heavy atom. The van der Waals surface area contributed by atoms with E-state index in [4.69, 9.17) is 8.94 Å². The van der Waals surface area contributed by atoms with Crippen LogP contribution in [0.15, 0.2) is 25.9 Å². The minimum atomic E-state index is 0.220. The van der Waals surface area contributed by atoms with E-state index < -0.39 is 0 Å². The third-order valence-electron chi connectivity index (χ3n) is 3.06. The smallest absolute Gasteiger partial charge is 0.171 e. The third kappa shape index (κ3) is 1.31. The summed E-state index contributed by atoms with van der Waals surface area (Å²) >= 11 is 3.36. The summed E-state index contributed by atoms with van der Waals surface area (Å²) in [6.45, 7) is 2.84. The molecule has 0 amide bonds. The molecule has 1 aliphatic heterocycles. The van der Waals surface area contributed by atoms with Crippen LogP contribution in [0.25, 0.3) is 0 Å². The topological polar surface area (TPSA) is 42.4 Å². The van der Waals surface area contributed by atoms with Gasteiger partial charge in [0.25, 0.3) is 0 Å². The van der Waals surface area contributed by atoms with Crippen molar-refractivity contribution in [2.75, 3.05) is 18.5 Å². The van der Waals surface area contributed by atoms with Crippen LogP contribution in [-0.2, 0) is 0 Å². The zero-order valence-electron chi connectivity index (χ0n) is 9.03. The van der Waals surface area contributed by atoms with Crippen LogP contribution in [-0.4, -0.2) is 18.7 Å². The fourth-order valence-corrected chi connectivity index (χ4v) is 2.64. The average molecular weight is 283 g/mol. The average Bonchev–Trinajstić information content (AvgIpc) is 2.86. The maximum atomic E-state index is 5.69. The quantitative estimate of drug-likeness (QED) is 0.807. The van der Waals surface area contributed by atoms with Gasteiger partial charge >= 0.3 is 0 Å². The summed E-state index contributed by atoms with van der Waals surface area (Å²) < 4.78 is 11.6. The van der Waals surface area contributed by atoms with E-state index in [1.807, 2.05) is 13.0 Å². The number of aromatic nitrogens is 1. The fraction of sp³-hybridized carbons (Fsp3) is 0.364. The lowest BCUT2D eigenvalue weighted by Crippen LogP contribution is -2.16. The Bertz CT molecular complexity index is 532. The van der Waals surface area contributed by atoms with E-state index in [0.29, 0.717) is 0 Å². The maximum absolute atomic E-state index is 5.69. The summed E-state index contributed by atoms with van der Waals surface area (Å²) in [6, 6.07) is 2.00. The van der Waals surface area contributed by atoms with Crippen molar-refractivity contribution >= 4 is 21.6 Å². The Kier molecular flexibility index (Phi) is 2.10. The second-order valence-corrected chi connectivity index (χ2v) is 4.85. The number of fused-ring (bicyclic) bond motifs is 1. The molecule has 0 saturated carbocycles. The number of hydrogen-bond acceptors (Lipinski definition) is 4. The standard InChI is InChI=1S/C11H11BrN2O2/c1-6-7(4-13-16-6)8-5-14(2)9-3-10(12)15-11(8)9/h3-4,8H,5H2,1-2H3. The summed E-state index contributed by atoms with van der Waals surface area (Å²) in [5.41, 5.74) is 2.24. The van der Waals surface area contributed by atoms with E-state index in [9.17, 15) is 0 Å². The molecule has 0 fully saturated rings. The van der Waals surface area contributed by atoms with Gasteiger partial charge in [-0.2, -0.15) is 0 Å². The molecule has 4 nitrogen and oxygen atoms in total. The Hall–Kier alpha value is -1.23.